The molecule has 1 aromatic carbocycles. The fraction of sp³-hybridized carbons (Fsp3) is 0.613. The van der Waals surface area contributed by atoms with Crippen LogP contribution in [0.25, 0.3) is 0 Å². The van der Waals surface area contributed by atoms with E-state index in [1.54, 1.807) is 5.57 Å². The molecule has 0 heterocycles. The molecule has 2 saturated carbocycles. The molecule has 2 fully saturated rings. The van der Waals surface area contributed by atoms with Crippen molar-refractivity contribution in [2.24, 2.45) is 34.5 Å². The van der Waals surface area contributed by atoms with E-state index in [2.05, 4.69) is 32.9 Å². The van der Waals surface area contributed by atoms with Gasteiger partial charge in [0.25, 0.3) is 0 Å². The molecule has 0 radical (unpaired) electrons. The second-order valence-electron chi connectivity index (χ2n) is 11.9. The monoisotopic (exact) mass is 460 g/mol. The second-order valence-corrected chi connectivity index (χ2v) is 11.9. The smallest absolute Gasteiger partial charge is 0.306 e. The fourth-order valence-electron chi connectivity index (χ4n) is 8.37. The van der Waals surface area contributed by atoms with Crippen LogP contribution in [-0.2, 0) is 20.7 Å². The summed E-state index contributed by atoms with van der Waals surface area (Å²) in [4.78, 5) is 25.6. The van der Waals surface area contributed by atoms with Crippen molar-refractivity contribution in [1.82, 2.24) is 0 Å². The maximum Gasteiger partial charge on any atom is 0.306 e. The molecule has 0 saturated heterocycles. The van der Waals surface area contributed by atoms with Gasteiger partial charge in [0.2, 0.25) is 0 Å². The molecular formula is C31H40O3. The first kappa shape index (κ1) is 23.6. The molecule has 3 nitrogen and oxygen atoms in total. The third-order valence-electron chi connectivity index (χ3n) is 10.1. The number of ketones is 1. The molecule has 0 amide bonds. The van der Waals surface area contributed by atoms with Crippen molar-refractivity contribution >= 4 is 11.8 Å². The Balaban J connectivity index is 1.24. The number of hydrogen-bond acceptors (Lipinski definition) is 3. The van der Waals surface area contributed by atoms with E-state index >= 15 is 0 Å². The van der Waals surface area contributed by atoms with E-state index < -0.39 is 0 Å². The van der Waals surface area contributed by atoms with Crippen molar-refractivity contribution in [3.63, 3.8) is 0 Å². The number of fused-ring (bicyclic) bond motifs is 5. The van der Waals surface area contributed by atoms with Crippen LogP contribution >= 0.6 is 0 Å². The highest BCUT2D eigenvalue weighted by Gasteiger charge is 2.59. The number of aryl methyl sites for hydroxylation is 1. The van der Waals surface area contributed by atoms with Crippen molar-refractivity contribution in [1.29, 1.82) is 0 Å². The summed E-state index contributed by atoms with van der Waals surface area (Å²) in [5, 5.41) is 0. The quantitative estimate of drug-likeness (QED) is 0.435. The van der Waals surface area contributed by atoms with Gasteiger partial charge in [-0.2, -0.15) is 0 Å². The Morgan fingerprint density at radius 2 is 1.82 bits per heavy atom. The predicted octanol–water partition coefficient (Wildman–Crippen LogP) is 6.87. The number of benzene rings is 1. The van der Waals surface area contributed by atoms with E-state index in [1.165, 1.54) is 31.3 Å². The number of esters is 1. The molecule has 0 aromatic heterocycles. The van der Waals surface area contributed by atoms with Crippen LogP contribution in [0.5, 0.6) is 0 Å². The maximum atomic E-state index is 13.3. The Labute approximate surface area is 205 Å². The number of Topliss-reactive ketones (excluding diaryl/α,β-unsaturated/α-hetero) is 1. The number of carbonyl (C=O) groups is 2. The number of hydrogen-bond donors (Lipinski definition) is 0. The molecule has 0 unspecified atom stereocenters. The van der Waals surface area contributed by atoms with E-state index in [-0.39, 0.29) is 29.7 Å². The lowest BCUT2D eigenvalue weighted by atomic mass is 9.47. The van der Waals surface area contributed by atoms with Crippen LogP contribution in [0.15, 0.2) is 53.6 Å². The minimum absolute atomic E-state index is 0.0187. The zero-order valence-corrected chi connectivity index (χ0v) is 21.1. The number of carbonyl (C=O) groups excluding carboxylic acids is 2. The lowest BCUT2D eigenvalue weighted by Gasteiger charge is -2.57. The predicted molar refractivity (Wildman–Crippen MR) is 135 cm³/mol. The van der Waals surface area contributed by atoms with Crippen molar-refractivity contribution in [3.05, 3.63) is 59.2 Å². The second kappa shape index (κ2) is 9.13. The van der Waals surface area contributed by atoms with Crippen LogP contribution < -0.4 is 0 Å². The average Bonchev–Trinajstić information content (AvgIpc) is 3.19. The Kier molecular flexibility index (Phi) is 6.33. The van der Waals surface area contributed by atoms with Crippen molar-refractivity contribution < 1.29 is 14.3 Å². The molecule has 0 aliphatic heterocycles. The molecule has 0 bridgehead atoms. The topological polar surface area (TPSA) is 43.4 Å². The molecular weight excluding hydrogens is 420 g/mol. The summed E-state index contributed by atoms with van der Waals surface area (Å²) >= 11 is 0. The standard InChI is InChI=1S/C31H40O3/c1-21-19-23-25-13-14-27(28(32)20-34-29(33)15-12-22-9-5-4-6-10-22)31(25,3)18-16-26(23)30(2)17-8-7-11-24(21)30/h4-6,9-11,19,23,25-27H,7-8,12-18,20H2,1-3H3/t23-,25-,26-,27+,30-,31-/m0/s1. The SMILES string of the molecule is CC1=C[C@H]2[C@@H]3CC[C@H](C(=O)COC(=O)CCc4ccccc4)[C@@]3(C)CC[C@@H]2[C@@]2(C)CCCC=C12. The molecule has 4 aliphatic rings. The number of allylic oxidation sites excluding steroid dienone is 4. The van der Waals surface area contributed by atoms with Gasteiger partial charge in [-0.05, 0) is 98.0 Å². The molecule has 4 aliphatic carbocycles. The van der Waals surface area contributed by atoms with E-state index in [0.29, 0.717) is 36.0 Å². The summed E-state index contributed by atoms with van der Waals surface area (Å²) in [5.41, 5.74) is 4.54. The van der Waals surface area contributed by atoms with Gasteiger partial charge in [-0.1, -0.05) is 61.9 Å². The van der Waals surface area contributed by atoms with Crippen LogP contribution in [0.3, 0.4) is 0 Å². The largest absolute Gasteiger partial charge is 0.458 e. The van der Waals surface area contributed by atoms with Gasteiger partial charge in [0.05, 0.1) is 0 Å². The molecule has 0 spiro atoms. The highest BCUT2D eigenvalue weighted by atomic mass is 16.5. The van der Waals surface area contributed by atoms with Crippen molar-refractivity contribution in [2.45, 2.75) is 78.6 Å². The minimum Gasteiger partial charge on any atom is -0.458 e. The third kappa shape index (κ3) is 3.99. The molecule has 1 aromatic rings. The van der Waals surface area contributed by atoms with Gasteiger partial charge in [-0.25, -0.2) is 0 Å². The van der Waals surface area contributed by atoms with E-state index in [9.17, 15) is 9.59 Å². The van der Waals surface area contributed by atoms with Gasteiger partial charge in [0.1, 0.15) is 6.61 Å². The summed E-state index contributed by atoms with van der Waals surface area (Å²) in [5.74, 6) is 1.72. The third-order valence-corrected chi connectivity index (χ3v) is 10.1. The van der Waals surface area contributed by atoms with Crippen LogP contribution in [0, 0.1) is 34.5 Å². The summed E-state index contributed by atoms with van der Waals surface area (Å²) in [6.07, 6.45) is 14.3. The van der Waals surface area contributed by atoms with Crippen LogP contribution in [-0.4, -0.2) is 18.4 Å². The number of rotatable bonds is 6. The minimum atomic E-state index is -0.268. The molecule has 3 heteroatoms. The Morgan fingerprint density at radius 1 is 1.03 bits per heavy atom. The first-order valence-electron chi connectivity index (χ1n) is 13.4. The van der Waals surface area contributed by atoms with Gasteiger partial charge >= 0.3 is 5.97 Å². The Hall–Kier alpha value is -2.16. The maximum absolute atomic E-state index is 13.3. The summed E-state index contributed by atoms with van der Waals surface area (Å²) in [7, 11) is 0. The highest BCUT2D eigenvalue weighted by Crippen LogP contribution is 2.66. The van der Waals surface area contributed by atoms with E-state index in [1.807, 2.05) is 30.3 Å². The molecule has 34 heavy (non-hydrogen) atoms. The Morgan fingerprint density at radius 3 is 2.62 bits per heavy atom. The average molecular weight is 461 g/mol. The van der Waals surface area contributed by atoms with Crippen LogP contribution in [0.2, 0.25) is 0 Å². The van der Waals surface area contributed by atoms with Crippen LogP contribution in [0.1, 0.15) is 77.7 Å². The molecule has 0 N–H and O–H groups in total. The summed E-state index contributed by atoms with van der Waals surface area (Å²) in [6.45, 7) is 7.12. The normalized spacial score (nSPS) is 36.4. The first-order valence-corrected chi connectivity index (χ1v) is 13.4. The van der Waals surface area contributed by atoms with Crippen molar-refractivity contribution in [3.8, 4) is 0 Å². The van der Waals surface area contributed by atoms with Gasteiger partial charge in [-0.15, -0.1) is 0 Å². The van der Waals surface area contributed by atoms with Gasteiger partial charge in [-0.3, -0.25) is 9.59 Å². The molecule has 5 rings (SSSR count). The molecule has 6 atom stereocenters. The summed E-state index contributed by atoms with van der Waals surface area (Å²) < 4.78 is 5.47. The van der Waals surface area contributed by atoms with Gasteiger partial charge in [0.15, 0.2) is 5.78 Å². The van der Waals surface area contributed by atoms with E-state index in [4.69, 9.17) is 4.74 Å². The summed E-state index contributed by atoms with van der Waals surface area (Å²) in [6, 6.07) is 9.96. The zero-order chi connectivity index (χ0) is 23.9. The van der Waals surface area contributed by atoms with Crippen LogP contribution in [0.4, 0.5) is 0 Å². The Bertz CT molecular complexity index is 1000. The highest BCUT2D eigenvalue weighted by molar-refractivity contribution is 5.85. The zero-order valence-electron chi connectivity index (χ0n) is 21.1. The van der Waals surface area contributed by atoms with Crippen molar-refractivity contribution in [2.75, 3.05) is 6.61 Å². The lowest BCUT2D eigenvalue weighted by Crippen LogP contribution is -2.50. The van der Waals surface area contributed by atoms with Gasteiger partial charge < -0.3 is 4.74 Å². The molecule has 182 valence electrons. The van der Waals surface area contributed by atoms with E-state index in [0.717, 1.165) is 24.8 Å². The number of ether oxygens (including phenoxy) is 1. The first-order chi connectivity index (χ1) is 16.3. The fourth-order valence-corrected chi connectivity index (χ4v) is 8.37. The van der Waals surface area contributed by atoms with Gasteiger partial charge in [0, 0.05) is 12.3 Å². The lowest BCUT2D eigenvalue weighted by molar-refractivity contribution is -0.150.